The number of amides is 2. The number of carbonyl (C=O) groups is 2. The molecule has 0 aliphatic rings. The first-order chi connectivity index (χ1) is 9.97. The first-order valence-corrected chi connectivity index (χ1v) is 6.18. The fourth-order valence-electron chi connectivity index (χ4n) is 1.77. The van der Waals surface area contributed by atoms with E-state index in [2.05, 4.69) is 10.3 Å². The lowest BCUT2D eigenvalue weighted by atomic mass is 10.2. The van der Waals surface area contributed by atoms with Crippen molar-refractivity contribution in [1.82, 2.24) is 9.55 Å². The van der Waals surface area contributed by atoms with E-state index in [-0.39, 0.29) is 12.1 Å². The van der Waals surface area contributed by atoms with Crippen LogP contribution in [0, 0.1) is 0 Å². The van der Waals surface area contributed by atoms with Gasteiger partial charge in [0.2, 0.25) is 11.8 Å². The normalized spacial score (nSPS) is 11.9. The van der Waals surface area contributed by atoms with Crippen LogP contribution in [0.3, 0.4) is 0 Å². The van der Waals surface area contributed by atoms with Crippen molar-refractivity contribution in [1.29, 1.82) is 0 Å². The monoisotopic (exact) mass is 289 g/mol. The van der Waals surface area contributed by atoms with Gasteiger partial charge in [-0.1, -0.05) is 0 Å². The third-order valence-corrected chi connectivity index (χ3v) is 2.82. The number of hydrogen-bond acceptors (Lipinski definition) is 4. The second-order valence-corrected chi connectivity index (χ2v) is 4.45. The first kappa shape index (κ1) is 14.5. The van der Waals surface area contributed by atoms with Crippen LogP contribution >= 0.6 is 0 Å². The molecule has 2 aromatic rings. The van der Waals surface area contributed by atoms with Gasteiger partial charge in [-0.2, -0.15) is 0 Å². The molecule has 0 spiro atoms. The standard InChI is InChI=1S/C13H15N5O3/c14-10(7-11(15)19)12(20)17-8-1-3-9(4-2-8)18-6-5-16-13(18)21/h1-6,10H,7,14H2,(H2,15,19)(H,16,21)(H,17,20). The lowest BCUT2D eigenvalue weighted by Crippen LogP contribution is -2.38. The molecule has 1 aromatic carbocycles. The van der Waals surface area contributed by atoms with E-state index in [0.717, 1.165) is 0 Å². The number of primary amides is 1. The molecule has 0 fully saturated rings. The fourth-order valence-corrected chi connectivity index (χ4v) is 1.77. The second kappa shape index (κ2) is 6.06. The minimum Gasteiger partial charge on any atom is -0.370 e. The van der Waals surface area contributed by atoms with Gasteiger partial charge in [0.05, 0.1) is 18.2 Å². The van der Waals surface area contributed by atoms with E-state index in [1.54, 1.807) is 30.5 Å². The van der Waals surface area contributed by atoms with Crippen LogP contribution in [0.5, 0.6) is 0 Å². The zero-order valence-corrected chi connectivity index (χ0v) is 11.1. The van der Waals surface area contributed by atoms with Gasteiger partial charge in [-0.25, -0.2) is 4.79 Å². The SMILES string of the molecule is NC(=O)CC(N)C(=O)Nc1ccc(-n2cc[nH]c2=O)cc1. The number of anilines is 1. The Balaban J connectivity index is 2.06. The predicted octanol–water partition coefficient (Wildman–Crippen LogP) is -0.693. The third kappa shape index (κ3) is 3.57. The van der Waals surface area contributed by atoms with Gasteiger partial charge >= 0.3 is 5.69 Å². The van der Waals surface area contributed by atoms with Crippen molar-refractivity contribution in [3.05, 3.63) is 47.1 Å². The van der Waals surface area contributed by atoms with Gasteiger partial charge in [-0.05, 0) is 24.3 Å². The van der Waals surface area contributed by atoms with Gasteiger partial charge in [0.1, 0.15) is 0 Å². The number of benzene rings is 1. The molecule has 0 bridgehead atoms. The number of hydrogen-bond donors (Lipinski definition) is 4. The summed E-state index contributed by atoms with van der Waals surface area (Å²) in [7, 11) is 0. The molecule has 8 heteroatoms. The molecule has 21 heavy (non-hydrogen) atoms. The number of nitrogens with one attached hydrogen (secondary N) is 2. The Labute approximate surface area is 119 Å². The van der Waals surface area contributed by atoms with Crippen LogP contribution < -0.4 is 22.5 Å². The molecule has 6 N–H and O–H groups in total. The highest BCUT2D eigenvalue weighted by molar-refractivity contribution is 5.97. The number of rotatable bonds is 5. The first-order valence-electron chi connectivity index (χ1n) is 6.18. The Morgan fingerprint density at radius 2 is 1.95 bits per heavy atom. The summed E-state index contributed by atoms with van der Waals surface area (Å²) in [5, 5.41) is 2.57. The maximum Gasteiger partial charge on any atom is 0.330 e. The maximum absolute atomic E-state index is 11.7. The minimum atomic E-state index is -0.991. The highest BCUT2D eigenvalue weighted by Gasteiger charge is 2.15. The molecule has 0 radical (unpaired) electrons. The summed E-state index contributed by atoms with van der Waals surface area (Å²) in [6.07, 6.45) is 2.90. The Kier molecular flexibility index (Phi) is 4.19. The number of nitrogens with two attached hydrogens (primary N) is 2. The topological polar surface area (TPSA) is 136 Å². The lowest BCUT2D eigenvalue weighted by molar-refractivity contribution is -0.123. The Bertz CT molecular complexity index is 701. The van der Waals surface area contributed by atoms with E-state index in [4.69, 9.17) is 11.5 Å². The molecule has 1 aromatic heterocycles. The number of carbonyl (C=O) groups excluding carboxylic acids is 2. The Morgan fingerprint density at radius 1 is 1.29 bits per heavy atom. The summed E-state index contributed by atoms with van der Waals surface area (Å²) in [5.74, 6) is -1.14. The fraction of sp³-hybridized carbons (Fsp3) is 0.154. The number of aromatic amines is 1. The summed E-state index contributed by atoms with van der Waals surface area (Å²) in [5.41, 5.74) is 11.4. The van der Waals surface area contributed by atoms with Gasteiger partial charge in [0.15, 0.2) is 0 Å². The van der Waals surface area contributed by atoms with Crippen LogP contribution in [0.4, 0.5) is 5.69 Å². The van der Waals surface area contributed by atoms with E-state index in [1.165, 1.54) is 10.8 Å². The average Bonchev–Trinajstić information content (AvgIpc) is 2.85. The molecule has 8 nitrogen and oxygen atoms in total. The molecular weight excluding hydrogens is 274 g/mol. The highest BCUT2D eigenvalue weighted by atomic mass is 16.2. The highest BCUT2D eigenvalue weighted by Crippen LogP contribution is 2.12. The van der Waals surface area contributed by atoms with E-state index in [9.17, 15) is 14.4 Å². The Hall–Kier alpha value is -2.87. The van der Waals surface area contributed by atoms with Crippen molar-refractivity contribution in [2.24, 2.45) is 11.5 Å². The van der Waals surface area contributed by atoms with Gasteiger partial charge in [0, 0.05) is 18.1 Å². The molecule has 1 unspecified atom stereocenters. The third-order valence-electron chi connectivity index (χ3n) is 2.82. The summed E-state index contributed by atoms with van der Waals surface area (Å²) < 4.78 is 1.42. The molecule has 110 valence electrons. The molecule has 0 saturated heterocycles. The van der Waals surface area contributed by atoms with Crippen LogP contribution in [0.2, 0.25) is 0 Å². The van der Waals surface area contributed by atoms with E-state index in [0.29, 0.717) is 11.4 Å². The van der Waals surface area contributed by atoms with Crippen molar-refractivity contribution in [3.63, 3.8) is 0 Å². The smallest absolute Gasteiger partial charge is 0.330 e. The molecule has 0 saturated carbocycles. The van der Waals surface area contributed by atoms with Crippen molar-refractivity contribution in [2.75, 3.05) is 5.32 Å². The Morgan fingerprint density at radius 3 is 2.48 bits per heavy atom. The van der Waals surface area contributed by atoms with Crippen LogP contribution in [-0.4, -0.2) is 27.4 Å². The van der Waals surface area contributed by atoms with Gasteiger partial charge in [-0.3, -0.25) is 14.2 Å². The molecular formula is C13H15N5O3. The molecule has 1 atom stereocenters. The zero-order chi connectivity index (χ0) is 15.4. The molecule has 0 aliphatic heterocycles. The van der Waals surface area contributed by atoms with Gasteiger partial charge in [0.25, 0.3) is 0 Å². The number of nitrogens with zero attached hydrogens (tertiary/aromatic N) is 1. The largest absolute Gasteiger partial charge is 0.370 e. The van der Waals surface area contributed by atoms with Gasteiger partial charge < -0.3 is 21.8 Å². The lowest BCUT2D eigenvalue weighted by Gasteiger charge is -2.11. The van der Waals surface area contributed by atoms with Crippen LogP contribution in [0.15, 0.2) is 41.5 Å². The summed E-state index contributed by atoms with van der Waals surface area (Å²) in [6, 6.07) is 5.61. The quantitative estimate of drug-likeness (QED) is 0.579. The number of aromatic nitrogens is 2. The number of imidazole rings is 1. The summed E-state index contributed by atoms with van der Waals surface area (Å²) in [4.78, 5) is 36.4. The summed E-state index contributed by atoms with van der Waals surface area (Å²) in [6.45, 7) is 0. The minimum absolute atomic E-state index is 0.220. The van der Waals surface area contributed by atoms with Crippen molar-refractivity contribution >= 4 is 17.5 Å². The average molecular weight is 289 g/mol. The van der Waals surface area contributed by atoms with Crippen molar-refractivity contribution < 1.29 is 9.59 Å². The maximum atomic E-state index is 11.7. The summed E-state index contributed by atoms with van der Waals surface area (Å²) >= 11 is 0. The van der Waals surface area contributed by atoms with Gasteiger partial charge in [-0.15, -0.1) is 0 Å². The molecule has 2 amide bonds. The van der Waals surface area contributed by atoms with E-state index < -0.39 is 17.9 Å². The van der Waals surface area contributed by atoms with Crippen LogP contribution in [0.25, 0.3) is 5.69 Å². The van der Waals surface area contributed by atoms with E-state index >= 15 is 0 Å². The van der Waals surface area contributed by atoms with Crippen LogP contribution in [0.1, 0.15) is 6.42 Å². The molecule has 2 rings (SSSR count). The molecule has 0 aliphatic carbocycles. The van der Waals surface area contributed by atoms with Crippen molar-refractivity contribution in [3.8, 4) is 5.69 Å². The molecule has 1 heterocycles. The van der Waals surface area contributed by atoms with Crippen LogP contribution in [-0.2, 0) is 9.59 Å². The van der Waals surface area contributed by atoms with Crippen molar-refractivity contribution in [2.45, 2.75) is 12.5 Å². The second-order valence-electron chi connectivity index (χ2n) is 4.45. The zero-order valence-electron chi connectivity index (χ0n) is 11.1. The van der Waals surface area contributed by atoms with E-state index in [1.807, 2.05) is 0 Å². The predicted molar refractivity (Wildman–Crippen MR) is 76.8 cm³/mol. The number of H-pyrrole nitrogens is 1.